The molecule has 0 aliphatic heterocycles. The Morgan fingerprint density at radius 2 is 2.04 bits per heavy atom. The summed E-state index contributed by atoms with van der Waals surface area (Å²) in [5.74, 6) is -0.516. The van der Waals surface area contributed by atoms with Gasteiger partial charge in [-0.05, 0) is 39.8 Å². The Hall–Kier alpha value is -2.57. The van der Waals surface area contributed by atoms with E-state index in [9.17, 15) is 9.59 Å². The summed E-state index contributed by atoms with van der Waals surface area (Å²) in [6.45, 7) is 7.44. The molecule has 0 aromatic carbocycles. The summed E-state index contributed by atoms with van der Waals surface area (Å²) in [6.07, 6.45) is 1.22. The molecule has 0 atom stereocenters. The van der Waals surface area contributed by atoms with E-state index in [1.807, 2.05) is 12.1 Å². The third kappa shape index (κ3) is 4.21. The van der Waals surface area contributed by atoms with Crippen molar-refractivity contribution in [2.45, 2.75) is 39.8 Å². The van der Waals surface area contributed by atoms with Crippen molar-refractivity contribution in [2.24, 2.45) is 0 Å². The smallest absolute Gasteiger partial charge is 0.407 e. The average Bonchev–Trinajstić information content (AvgIpc) is 2.82. The van der Waals surface area contributed by atoms with Crippen LogP contribution in [0.4, 0.5) is 4.79 Å². The number of hydrogen-bond donors (Lipinski definition) is 1. The third-order valence-electron chi connectivity index (χ3n) is 2.90. The Morgan fingerprint density at radius 1 is 1.30 bits per heavy atom. The monoisotopic (exact) mass is 319 g/mol. The summed E-state index contributed by atoms with van der Waals surface area (Å²) in [6, 6.07) is 5.42. The van der Waals surface area contributed by atoms with Gasteiger partial charge in [0.05, 0.1) is 18.8 Å². The molecular weight excluding hydrogens is 298 g/mol. The molecular formula is C16H21N3O4. The van der Waals surface area contributed by atoms with Crippen LogP contribution in [0.2, 0.25) is 0 Å². The summed E-state index contributed by atoms with van der Waals surface area (Å²) >= 11 is 0. The summed E-state index contributed by atoms with van der Waals surface area (Å²) in [4.78, 5) is 28.2. The number of ether oxygens (including phenoxy) is 2. The normalized spacial score (nSPS) is 11.3. The van der Waals surface area contributed by atoms with E-state index in [4.69, 9.17) is 9.47 Å². The van der Waals surface area contributed by atoms with E-state index in [0.29, 0.717) is 11.3 Å². The van der Waals surface area contributed by atoms with E-state index in [0.717, 1.165) is 0 Å². The summed E-state index contributed by atoms with van der Waals surface area (Å²) in [5.41, 5.74) is 0.753. The highest BCUT2D eigenvalue weighted by Crippen LogP contribution is 2.14. The van der Waals surface area contributed by atoms with Crippen molar-refractivity contribution in [1.82, 2.24) is 14.7 Å². The fourth-order valence-electron chi connectivity index (χ4n) is 2.05. The molecule has 2 rings (SSSR count). The first kappa shape index (κ1) is 16.8. The van der Waals surface area contributed by atoms with Crippen LogP contribution in [-0.4, -0.2) is 33.7 Å². The van der Waals surface area contributed by atoms with Crippen LogP contribution in [0.1, 0.15) is 43.9 Å². The van der Waals surface area contributed by atoms with Crippen molar-refractivity contribution in [1.29, 1.82) is 0 Å². The van der Waals surface area contributed by atoms with Crippen LogP contribution >= 0.6 is 0 Å². The minimum atomic E-state index is -0.590. The third-order valence-corrected chi connectivity index (χ3v) is 2.90. The number of pyridine rings is 1. The van der Waals surface area contributed by atoms with E-state index < -0.39 is 17.7 Å². The molecule has 0 saturated carbocycles. The van der Waals surface area contributed by atoms with Crippen LogP contribution in [-0.2, 0) is 16.0 Å². The number of amides is 1. The highest BCUT2D eigenvalue weighted by Gasteiger charge is 2.21. The number of fused-ring (bicyclic) bond motifs is 1. The van der Waals surface area contributed by atoms with E-state index in [1.165, 1.54) is 0 Å². The largest absolute Gasteiger partial charge is 0.461 e. The summed E-state index contributed by atoms with van der Waals surface area (Å²) in [5, 5.41) is 2.64. The minimum Gasteiger partial charge on any atom is -0.461 e. The quantitative estimate of drug-likeness (QED) is 0.876. The maximum atomic E-state index is 12.1. The van der Waals surface area contributed by atoms with Gasteiger partial charge in [-0.2, -0.15) is 0 Å². The molecule has 2 aromatic heterocycles. The molecule has 0 radical (unpaired) electrons. The topological polar surface area (TPSA) is 81.9 Å². The van der Waals surface area contributed by atoms with Crippen LogP contribution in [0.15, 0.2) is 24.4 Å². The molecule has 1 amide bonds. The van der Waals surface area contributed by atoms with E-state index in [2.05, 4.69) is 10.3 Å². The zero-order valence-electron chi connectivity index (χ0n) is 13.8. The highest BCUT2D eigenvalue weighted by molar-refractivity contribution is 5.89. The number of nitrogens with one attached hydrogen (secondary N) is 1. The lowest BCUT2D eigenvalue weighted by molar-refractivity contribution is 0.0498. The lowest BCUT2D eigenvalue weighted by Crippen LogP contribution is -2.32. The molecule has 0 fully saturated rings. The molecule has 0 aliphatic carbocycles. The molecule has 2 heterocycles. The average molecular weight is 319 g/mol. The number of aromatic nitrogens is 2. The second-order valence-electron chi connectivity index (χ2n) is 5.91. The van der Waals surface area contributed by atoms with E-state index >= 15 is 0 Å². The van der Waals surface area contributed by atoms with Gasteiger partial charge >= 0.3 is 12.1 Å². The van der Waals surface area contributed by atoms with Gasteiger partial charge in [0, 0.05) is 6.20 Å². The molecule has 1 N–H and O–H groups in total. The van der Waals surface area contributed by atoms with Crippen LogP contribution in [0.5, 0.6) is 0 Å². The zero-order valence-corrected chi connectivity index (χ0v) is 13.8. The van der Waals surface area contributed by atoms with Gasteiger partial charge in [-0.25, -0.2) is 14.6 Å². The molecule has 0 bridgehead atoms. The van der Waals surface area contributed by atoms with Gasteiger partial charge in [0.1, 0.15) is 11.2 Å². The van der Waals surface area contributed by atoms with Crippen molar-refractivity contribution in [3.8, 4) is 0 Å². The SMILES string of the molecule is CCOC(=O)c1nc2ccccn2c1CNC(=O)OC(C)(C)C. The van der Waals surface area contributed by atoms with Crippen molar-refractivity contribution >= 4 is 17.7 Å². The Morgan fingerprint density at radius 3 is 2.70 bits per heavy atom. The molecule has 0 spiro atoms. The Bertz CT molecular complexity index is 716. The second-order valence-corrected chi connectivity index (χ2v) is 5.91. The molecule has 124 valence electrons. The van der Waals surface area contributed by atoms with Crippen molar-refractivity contribution < 1.29 is 19.1 Å². The van der Waals surface area contributed by atoms with Crippen molar-refractivity contribution in [3.05, 3.63) is 35.8 Å². The van der Waals surface area contributed by atoms with Gasteiger partial charge in [0.25, 0.3) is 0 Å². The van der Waals surface area contributed by atoms with Gasteiger partial charge in [-0.3, -0.25) is 0 Å². The number of alkyl carbamates (subject to hydrolysis) is 1. The van der Waals surface area contributed by atoms with Crippen LogP contribution in [0, 0.1) is 0 Å². The van der Waals surface area contributed by atoms with Gasteiger partial charge in [-0.15, -0.1) is 0 Å². The number of imidazole rings is 1. The van der Waals surface area contributed by atoms with Gasteiger partial charge in [0.2, 0.25) is 0 Å². The molecule has 0 aliphatic rings. The number of carbonyl (C=O) groups is 2. The fraction of sp³-hybridized carbons (Fsp3) is 0.438. The van der Waals surface area contributed by atoms with Gasteiger partial charge in [0.15, 0.2) is 5.69 Å². The highest BCUT2D eigenvalue weighted by atomic mass is 16.6. The lowest BCUT2D eigenvalue weighted by Gasteiger charge is -2.19. The molecule has 7 nitrogen and oxygen atoms in total. The summed E-state index contributed by atoms with van der Waals surface area (Å²) in [7, 11) is 0. The first-order chi connectivity index (χ1) is 10.8. The number of hydrogen-bond acceptors (Lipinski definition) is 5. The van der Waals surface area contributed by atoms with Crippen LogP contribution in [0.3, 0.4) is 0 Å². The number of esters is 1. The molecule has 2 aromatic rings. The van der Waals surface area contributed by atoms with E-state index in [1.54, 1.807) is 44.4 Å². The first-order valence-corrected chi connectivity index (χ1v) is 7.41. The minimum absolute atomic E-state index is 0.105. The standard InChI is InChI=1S/C16H21N3O4/c1-5-22-14(20)13-11(10-17-15(21)23-16(2,3)4)19-9-7-6-8-12(19)18-13/h6-9H,5,10H2,1-4H3,(H,17,21). The maximum Gasteiger partial charge on any atom is 0.407 e. The Kier molecular flexibility index (Phi) is 4.88. The zero-order chi connectivity index (χ0) is 17.0. The Labute approximate surface area is 134 Å². The number of carbonyl (C=O) groups excluding carboxylic acids is 2. The molecule has 23 heavy (non-hydrogen) atoms. The van der Waals surface area contributed by atoms with Crippen LogP contribution in [0.25, 0.3) is 5.65 Å². The second kappa shape index (κ2) is 6.68. The molecule has 0 saturated heterocycles. The Balaban J connectivity index is 2.25. The van der Waals surface area contributed by atoms with Crippen molar-refractivity contribution in [2.75, 3.05) is 6.61 Å². The van der Waals surface area contributed by atoms with E-state index in [-0.39, 0.29) is 18.8 Å². The molecule has 7 heteroatoms. The van der Waals surface area contributed by atoms with Gasteiger partial charge < -0.3 is 19.2 Å². The van der Waals surface area contributed by atoms with Crippen LogP contribution < -0.4 is 5.32 Å². The number of nitrogens with zero attached hydrogens (tertiary/aromatic N) is 2. The summed E-state index contributed by atoms with van der Waals surface area (Å²) < 4.78 is 12.0. The maximum absolute atomic E-state index is 12.1. The van der Waals surface area contributed by atoms with Gasteiger partial charge in [-0.1, -0.05) is 6.07 Å². The first-order valence-electron chi connectivity index (χ1n) is 7.41. The molecule has 0 unspecified atom stereocenters. The fourth-order valence-corrected chi connectivity index (χ4v) is 2.05. The predicted molar refractivity (Wildman–Crippen MR) is 84.2 cm³/mol. The number of rotatable bonds is 4. The van der Waals surface area contributed by atoms with Crippen molar-refractivity contribution in [3.63, 3.8) is 0 Å². The lowest BCUT2D eigenvalue weighted by atomic mass is 10.2. The predicted octanol–water partition coefficient (Wildman–Crippen LogP) is 2.54.